The van der Waals surface area contributed by atoms with Crippen molar-refractivity contribution in [2.75, 3.05) is 6.54 Å². The number of fused-ring (bicyclic) bond motifs is 3. The van der Waals surface area contributed by atoms with Crippen LogP contribution in [0, 0.1) is 26.7 Å². The van der Waals surface area contributed by atoms with E-state index in [1.165, 1.54) is 16.9 Å². The van der Waals surface area contributed by atoms with Crippen LogP contribution in [0.4, 0.5) is 4.79 Å². The van der Waals surface area contributed by atoms with Gasteiger partial charge in [0.25, 0.3) is 5.91 Å². The highest BCUT2D eigenvalue weighted by Crippen LogP contribution is 2.44. The normalized spacial score (nSPS) is 20.9. The Morgan fingerprint density at radius 2 is 1.94 bits per heavy atom. The van der Waals surface area contributed by atoms with Crippen LogP contribution in [0.3, 0.4) is 0 Å². The number of ether oxygens (including phenoxy) is 1. The van der Waals surface area contributed by atoms with Crippen molar-refractivity contribution >= 4 is 39.6 Å². The number of likely N-dealkylation sites (tertiary alicyclic amines) is 1. The lowest BCUT2D eigenvalue weighted by atomic mass is 9.98. The van der Waals surface area contributed by atoms with Gasteiger partial charge < -0.3 is 15.0 Å². The predicted molar refractivity (Wildman–Crippen MR) is 140 cm³/mol. The van der Waals surface area contributed by atoms with E-state index in [1.807, 2.05) is 42.5 Å². The Labute approximate surface area is 216 Å². The van der Waals surface area contributed by atoms with Gasteiger partial charge in [0.05, 0.1) is 15.9 Å². The number of hydrogen-bond donors (Lipinski definition) is 1. The van der Waals surface area contributed by atoms with E-state index in [2.05, 4.69) is 34.3 Å². The maximum atomic E-state index is 13.9. The molecule has 4 heterocycles. The molecule has 2 amide bonds. The van der Waals surface area contributed by atoms with E-state index in [0.717, 1.165) is 39.7 Å². The van der Waals surface area contributed by atoms with E-state index in [1.54, 1.807) is 15.7 Å². The maximum Gasteiger partial charge on any atom is 0.414 e. The maximum absolute atomic E-state index is 13.9. The van der Waals surface area contributed by atoms with Crippen LogP contribution in [-0.4, -0.2) is 49.9 Å². The van der Waals surface area contributed by atoms with E-state index in [0.29, 0.717) is 29.7 Å². The Bertz CT molecular complexity index is 1450. The predicted octanol–water partition coefficient (Wildman–Crippen LogP) is 5.23. The molecule has 3 atom stereocenters. The minimum Gasteiger partial charge on any atom is -0.391 e. The van der Waals surface area contributed by atoms with E-state index >= 15 is 0 Å². The molecule has 8 nitrogen and oxygen atoms in total. The van der Waals surface area contributed by atoms with Gasteiger partial charge in [0.15, 0.2) is 4.96 Å². The fourth-order valence-electron chi connectivity index (χ4n) is 5.58. The number of benzene rings is 1. The van der Waals surface area contributed by atoms with Crippen LogP contribution in [0.5, 0.6) is 5.88 Å². The summed E-state index contributed by atoms with van der Waals surface area (Å²) >= 11 is 3.03. The lowest BCUT2D eigenvalue weighted by molar-refractivity contribution is 0.0585. The second-order valence-electron chi connectivity index (χ2n) is 9.61. The third kappa shape index (κ3) is 3.98. The van der Waals surface area contributed by atoms with Crippen LogP contribution in [-0.2, 0) is 0 Å². The third-order valence-corrected chi connectivity index (χ3v) is 9.03. The SMILES string of the molecule is Cc1ccc(-c2sc(C)nc2C(=O)N2[C@@H]3CC[C@@H](C3)[C@H]2CNC(=O)Oc2c(C)nc3sccn23)cc1. The van der Waals surface area contributed by atoms with Gasteiger partial charge in [0.1, 0.15) is 11.4 Å². The second kappa shape index (κ2) is 9.01. The number of aromatic nitrogens is 3. The molecule has 2 fully saturated rings. The fourth-order valence-corrected chi connectivity index (χ4v) is 7.24. The summed E-state index contributed by atoms with van der Waals surface area (Å²) in [7, 11) is 0. The number of carbonyl (C=O) groups excluding carboxylic acids is 2. The Morgan fingerprint density at radius 3 is 2.75 bits per heavy atom. The largest absolute Gasteiger partial charge is 0.414 e. The lowest BCUT2D eigenvalue weighted by Gasteiger charge is -2.35. The van der Waals surface area contributed by atoms with Crippen LogP contribution in [0.2, 0.25) is 0 Å². The van der Waals surface area contributed by atoms with Crippen molar-refractivity contribution in [1.82, 2.24) is 24.6 Å². The van der Waals surface area contributed by atoms with E-state index in [-0.39, 0.29) is 18.0 Å². The highest BCUT2D eigenvalue weighted by atomic mass is 32.1. The first kappa shape index (κ1) is 23.2. The molecule has 6 rings (SSSR count). The third-order valence-electron chi connectivity index (χ3n) is 7.25. The molecule has 3 aromatic heterocycles. The number of thiazole rings is 2. The molecule has 186 valence electrons. The molecule has 1 saturated carbocycles. The summed E-state index contributed by atoms with van der Waals surface area (Å²) in [4.78, 5) is 39.4. The van der Waals surface area contributed by atoms with E-state index < -0.39 is 6.09 Å². The first-order chi connectivity index (χ1) is 17.4. The molecule has 2 bridgehead atoms. The Hall–Kier alpha value is -3.24. The Balaban J connectivity index is 1.20. The first-order valence-electron chi connectivity index (χ1n) is 12.1. The van der Waals surface area contributed by atoms with Gasteiger partial charge >= 0.3 is 6.09 Å². The van der Waals surface area contributed by atoms with Crippen LogP contribution < -0.4 is 10.1 Å². The number of carbonyl (C=O) groups is 2. The Kier molecular flexibility index (Phi) is 5.80. The monoisotopic (exact) mass is 521 g/mol. The van der Waals surface area contributed by atoms with Crippen molar-refractivity contribution in [3.8, 4) is 16.3 Å². The summed E-state index contributed by atoms with van der Waals surface area (Å²) in [5, 5.41) is 5.68. The number of rotatable bonds is 5. The molecule has 36 heavy (non-hydrogen) atoms. The van der Waals surface area contributed by atoms with Crippen molar-refractivity contribution < 1.29 is 14.3 Å². The lowest BCUT2D eigenvalue weighted by Crippen LogP contribution is -2.50. The number of hydrogen-bond acceptors (Lipinski definition) is 7. The van der Waals surface area contributed by atoms with Gasteiger partial charge in [-0.15, -0.1) is 22.7 Å². The number of amides is 2. The van der Waals surface area contributed by atoms with Crippen LogP contribution in [0.1, 0.15) is 46.0 Å². The number of piperidine rings is 1. The fraction of sp³-hybridized carbons (Fsp3) is 0.385. The van der Waals surface area contributed by atoms with Crippen LogP contribution in [0.15, 0.2) is 35.8 Å². The summed E-state index contributed by atoms with van der Waals surface area (Å²) in [6, 6.07) is 8.31. The van der Waals surface area contributed by atoms with Crippen LogP contribution in [0.25, 0.3) is 15.4 Å². The molecule has 10 heteroatoms. The van der Waals surface area contributed by atoms with Gasteiger partial charge in [0, 0.05) is 24.2 Å². The zero-order valence-corrected chi connectivity index (χ0v) is 22.0. The number of nitrogens with one attached hydrogen (secondary N) is 1. The first-order valence-corrected chi connectivity index (χ1v) is 13.8. The molecule has 1 aliphatic heterocycles. The zero-order valence-electron chi connectivity index (χ0n) is 20.4. The molecule has 1 N–H and O–H groups in total. The number of nitrogens with zero attached hydrogens (tertiary/aromatic N) is 4. The molecule has 1 aromatic carbocycles. The number of imidazole rings is 1. The van der Waals surface area contributed by atoms with Crippen molar-refractivity contribution in [3.63, 3.8) is 0 Å². The average Bonchev–Trinajstić information content (AvgIpc) is 3.67. The quantitative estimate of drug-likeness (QED) is 0.389. The molecule has 4 aromatic rings. The molecular formula is C26H27N5O3S2. The van der Waals surface area contributed by atoms with E-state index in [4.69, 9.17) is 4.74 Å². The van der Waals surface area contributed by atoms with Gasteiger partial charge in [0.2, 0.25) is 5.88 Å². The van der Waals surface area contributed by atoms with Crippen molar-refractivity contribution in [2.45, 2.75) is 52.1 Å². The molecule has 1 aliphatic carbocycles. The van der Waals surface area contributed by atoms with Gasteiger partial charge in [-0.25, -0.2) is 14.8 Å². The standard InChI is InChI=1S/C26H27N5O3S2/c1-14-4-6-17(7-5-14)22-21(29-16(3)36-22)23(32)31-19-9-8-18(12-19)20(31)13-27-26(33)34-24-15(2)28-25-30(24)10-11-35-25/h4-7,10-11,18-20H,8-9,12-13H2,1-3H3,(H,27,33)/t18-,19+,20+/m0/s1. The Morgan fingerprint density at radius 1 is 1.14 bits per heavy atom. The molecular weight excluding hydrogens is 494 g/mol. The average molecular weight is 522 g/mol. The van der Waals surface area contributed by atoms with Gasteiger partial charge in [-0.05, 0) is 51.5 Å². The highest BCUT2D eigenvalue weighted by Gasteiger charge is 2.49. The smallest absolute Gasteiger partial charge is 0.391 e. The molecule has 0 spiro atoms. The molecule has 0 radical (unpaired) electrons. The summed E-state index contributed by atoms with van der Waals surface area (Å²) in [6.07, 6.45) is 4.32. The minimum absolute atomic E-state index is 0.0473. The molecule has 1 saturated heterocycles. The van der Waals surface area contributed by atoms with Crippen molar-refractivity contribution in [3.05, 3.63) is 57.8 Å². The van der Waals surface area contributed by atoms with E-state index in [9.17, 15) is 9.59 Å². The summed E-state index contributed by atoms with van der Waals surface area (Å²) in [5.41, 5.74) is 3.36. The minimum atomic E-state index is -0.536. The second-order valence-corrected chi connectivity index (χ2v) is 11.7. The summed E-state index contributed by atoms with van der Waals surface area (Å²) in [5.74, 6) is 0.737. The number of aryl methyl sites for hydroxylation is 3. The highest BCUT2D eigenvalue weighted by molar-refractivity contribution is 7.15. The topological polar surface area (TPSA) is 88.8 Å². The zero-order chi connectivity index (χ0) is 25.0. The molecule has 2 aliphatic rings. The van der Waals surface area contributed by atoms with Gasteiger partial charge in [-0.2, -0.15) is 0 Å². The van der Waals surface area contributed by atoms with Crippen LogP contribution >= 0.6 is 22.7 Å². The summed E-state index contributed by atoms with van der Waals surface area (Å²) in [6.45, 7) is 6.15. The summed E-state index contributed by atoms with van der Waals surface area (Å²) < 4.78 is 7.38. The van der Waals surface area contributed by atoms with Crippen molar-refractivity contribution in [2.24, 2.45) is 5.92 Å². The van der Waals surface area contributed by atoms with Gasteiger partial charge in [-0.1, -0.05) is 29.8 Å². The molecule has 0 unspecified atom stereocenters. The van der Waals surface area contributed by atoms with Crippen molar-refractivity contribution in [1.29, 1.82) is 0 Å². The van der Waals surface area contributed by atoms with Gasteiger partial charge in [-0.3, -0.25) is 9.20 Å².